The highest BCUT2D eigenvalue weighted by Gasteiger charge is 2.22. The van der Waals surface area contributed by atoms with Gasteiger partial charge in [-0.15, -0.1) is 10.2 Å². The van der Waals surface area contributed by atoms with Crippen molar-refractivity contribution in [3.05, 3.63) is 0 Å². The van der Waals surface area contributed by atoms with Crippen molar-refractivity contribution in [2.75, 3.05) is 31.2 Å². The number of rotatable bonds is 6. The number of likely N-dealkylation sites (tertiary alicyclic amines) is 1. The van der Waals surface area contributed by atoms with E-state index in [9.17, 15) is 0 Å². The van der Waals surface area contributed by atoms with Gasteiger partial charge in [0.25, 0.3) is 0 Å². The fourth-order valence-electron chi connectivity index (χ4n) is 2.42. The van der Waals surface area contributed by atoms with E-state index in [2.05, 4.69) is 29.5 Å². The third kappa shape index (κ3) is 4.10. The maximum absolute atomic E-state index is 4.20. The molecule has 1 aliphatic rings. The molecule has 1 aromatic heterocycles. The van der Waals surface area contributed by atoms with Gasteiger partial charge in [-0.1, -0.05) is 23.1 Å². The zero-order valence-electron chi connectivity index (χ0n) is 11.2. The quantitative estimate of drug-likeness (QED) is 0.779. The van der Waals surface area contributed by atoms with Crippen LogP contribution in [0.2, 0.25) is 0 Å². The van der Waals surface area contributed by atoms with E-state index in [1.54, 1.807) is 16.2 Å². The molecule has 0 aliphatic carbocycles. The smallest absolute Gasteiger partial charge is 0.206 e. The molecule has 6 heteroatoms. The lowest BCUT2D eigenvalue weighted by Crippen LogP contribution is -3.13. The standard InChI is InChI=1S/C12H22N4S2/c1-3-13-11-14-15-12(18-11)17-9-7-10-6-4-5-8-16(10)2/h10H,3-9H2,1-2H3,(H,13,14)/p+1/t10-/m1/s1. The van der Waals surface area contributed by atoms with Gasteiger partial charge in [-0.05, 0) is 26.2 Å². The van der Waals surface area contributed by atoms with Crippen LogP contribution in [0.15, 0.2) is 4.34 Å². The normalized spacial score (nSPS) is 24.1. The lowest BCUT2D eigenvalue weighted by atomic mass is 10.0. The molecule has 4 nitrogen and oxygen atoms in total. The fourth-order valence-corrected chi connectivity index (χ4v) is 4.36. The molecule has 0 saturated carbocycles. The van der Waals surface area contributed by atoms with Crippen LogP contribution in [0.4, 0.5) is 5.13 Å². The molecular weight excluding hydrogens is 264 g/mol. The van der Waals surface area contributed by atoms with Crippen LogP contribution in [0.5, 0.6) is 0 Å². The Morgan fingerprint density at radius 2 is 2.33 bits per heavy atom. The summed E-state index contributed by atoms with van der Waals surface area (Å²) in [6.45, 7) is 4.34. The molecule has 102 valence electrons. The van der Waals surface area contributed by atoms with E-state index in [-0.39, 0.29) is 0 Å². The maximum Gasteiger partial charge on any atom is 0.206 e. The van der Waals surface area contributed by atoms with Crippen molar-refractivity contribution in [3.63, 3.8) is 0 Å². The molecule has 1 aromatic rings. The zero-order chi connectivity index (χ0) is 12.8. The average Bonchev–Trinajstić information content (AvgIpc) is 2.80. The van der Waals surface area contributed by atoms with E-state index in [0.717, 1.165) is 22.1 Å². The molecular formula is C12H23N4S2+. The predicted octanol–water partition coefficient (Wildman–Crippen LogP) is 1.52. The molecule has 0 radical (unpaired) electrons. The zero-order valence-corrected chi connectivity index (χ0v) is 12.9. The lowest BCUT2D eigenvalue weighted by molar-refractivity contribution is -0.911. The Bertz CT molecular complexity index is 356. The van der Waals surface area contributed by atoms with Gasteiger partial charge in [-0.25, -0.2) is 0 Å². The number of nitrogens with one attached hydrogen (secondary N) is 2. The number of thioether (sulfide) groups is 1. The van der Waals surface area contributed by atoms with Gasteiger partial charge in [0.1, 0.15) is 0 Å². The van der Waals surface area contributed by atoms with Crippen LogP contribution in [-0.2, 0) is 0 Å². The summed E-state index contributed by atoms with van der Waals surface area (Å²) in [5.41, 5.74) is 0. The minimum absolute atomic E-state index is 0.854. The van der Waals surface area contributed by atoms with Gasteiger partial charge in [-0.3, -0.25) is 0 Å². The van der Waals surface area contributed by atoms with Gasteiger partial charge >= 0.3 is 0 Å². The molecule has 2 N–H and O–H groups in total. The number of nitrogens with zero attached hydrogens (tertiary/aromatic N) is 2. The van der Waals surface area contributed by atoms with E-state index in [1.807, 2.05) is 11.8 Å². The molecule has 0 amide bonds. The fraction of sp³-hybridized carbons (Fsp3) is 0.833. The first-order valence-electron chi connectivity index (χ1n) is 6.82. The van der Waals surface area contributed by atoms with Crippen molar-refractivity contribution < 1.29 is 4.90 Å². The van der Waals surface area contributed by atoms with Gasteiger partial charge in [-0.2, -0.15) is 0 Å². The summed E-state index contributed by atoms with van der Waals surface area (Å²) in [5.74, 6) is 1.17. The van der Waals surface area contributed by atoms with Crippen LogP contribution in [0.25, 0.3) is 0 Å². The van der Waals surface area contributed by atoms with Crippen LogP contribution >= 0.6 is 23.1 Å². The van der Waals surface area contributed by atoms with Gasteiger partial charge in [0, 0.05) is 18.7 Å². The van der Waals surface area contributed by atoms with Gasteiger partial charge in [0.2, 0.25) is 5.13 Å². The summed E-state index contributed by atoms with van der Waals surface area (Å²) < 4.78 is 1.10. The van der Waals surface area contributed by atoms with E-state index in [0.29, 0.717) is 0 Å². The van der Waals surface area contributed by atoms with Crippen LogP contribution in [0.1, 0.15) is 32.6 Å². The van der Waals surface area contributed by atoms with Crippen molar-refractivity contribution >= 4 is 28.2 Å². The topological polar surface area (TPSA) is 42.2 Å². The summed E-state index contributed by atoms with van der Waals surface area (Å²) in [6.07, 6.45) is 5.51. The Kier molecular flexibility index (Phi) is 5.72. The number of hydrogen-bond acceptors (Lipinski definition) is 5. The van der Waals surface area contributed by atoms with Gasteiger partial charge in [0.15, 0.2) is 4.34 Å². The van der Waals surface area contributed by atoms with Gasteiger partial charge in [0.05, 0.1) is 19.6 Å². The van der Waals surface area contributed by atoms with E-state index < -0.39 is 0 Å². The van der Waals surface area contributed by atoms with E-state index in [4.69, 9.17) is 0 Å². The Labute approximate surface area is 118 Å². The summed E-state index contributed by atoms with van der Waals surface area (Å²) in [6, 6.07) is 0.854. The summed E-state index contributed by atoms with van der Waals surface area (Å²) in [7, 11) is 2.34. The lowest BCUT2D eigenvalue weighted by Gasteiger charge is -2.29. The third-order valence-electron chi connectivity index (χ3n) is 3.50. The van der Waals surface area contributed by atoms with Crippen LogP contribution in [-0.4, -0.2) is 42.1 Å². The first-order valence-corrected chi connectivity index (χ1v) is 8.62. The Morgan fingerprint density at radius 1 is 1.44 bits per heavy atom. The number of anilines is 1. The molecule has 0 bridgehead atoms. The minimum atomic E-state index is 0.854. The molecule has 1 unspecified atom stereocenters. The number of quaternary nitrogens is 1. The molecule has 0 spiro atoms. The van der Waals surface area contributed by atoms with Crippen LogP contribution in [0.3, 0.4) is 0 Å². The number of hydrogen-bond donors (Lipinski definition) is 2. The largest absolute Gasteiger partial charge is 0.360 e. The summed E-state index contributed by atoms with van der Waals surface area (Å²) in [4.78, 5) is 1.72. The van der Waals surface area contributed by atoms with Crippen LogP contribution < -0.4 is 10.2 Å². The van der Waals surface area contributed by atoms with Crippen molar-refractivity contribution in [3.8, 4) is 0 Å². The summed E-state index contributed by atoms with van der Waals surface area (Å²) >= 11 is 3.52. The molecule has 1 fully saturated rings. The number of aromatic nitrogens is 2. The Balaban J connectivity index is 1.70. The van der Waals surface area contributed by atoms with Gasteiger partial charge < -0.3 is 10.2 Å². The Hall–Kier alpha value is -0.330. The predicted molar refractivity (Wildman–Crippen MR) is 78.8 cm³/mol. The second-order valence-corrected chi connectivity index (χ2v) is 7.15. The highest BCUT2D eigenvalue weighted by molar-refractivity contribution is 8.01. The molecule has 2 rings (SSSR count). The highest BCUT2D eigenvalue weighted by atomic mass is 32.2. The average molecular weight is 287 g/mol. The monoisotopic (exact) mass is 287 g/mol. The maximum atomic E-state index is 4.20. The molecule has 18 heavy (non-hydrogen) atoms. The van der Waals surface area contributed by atoms with Crippen molar-refractivity contribution in [1.82, 2.24) is 10.2 Å². The second kappa shape index (κ2) is 7.31. The van der Waals surface area contributed by atoms with Crippen molar-refractivity contribution in [2.45, 2.75) is 43.0 Å². The summed E-state index contributed by atoms with van der Waals surface area (Å²) in [5, 5.41) is 12.5. The molecule has 2 heterocycles. The van der Waals surface area contributed by atoms with Crippen molar-refractivity contribution in [2.24, 2.45) is 0 Å². The first-order chi connectivity index (χ1) is 8.79. The third-order valence-corrected chi connectivity index (χ3v) is 5.54. The van der Waals surface area contributed by atoms with E-state index >= 15 is 0 Å². The second-order valence-electron chi connectivity index (χ2n) is 4.83. The first kappa shape index (κ1) is 14.1. The number of piperidine rings is 1. The van der Waals surface area contributed by atoms with Crippen LogP contribution in [0, 0.1) is 0 Å². The molecule has 0 aromatic carbocycles. The van der Waals surface area contributed by atoms with Crippen molar-refractivity contribution in [1.29, 1.82) is 0 Å². The Morgan fingerprint density at radius 3 is 3.11 bits per heavy atom. The molecule has 1 saturated heterocycles. The SMILES string of the molecule is CCNc1nnc(SCC[C@H]2CCCC[NH+]2C)s1. The minimum Gasteiger partial charge on any atom is -0.360 e. The molecule has 1 aliphatic heterocycles. The van der Waals surface area contributed by atoms with E-state index in [1.165, 1.54) is 38.0 Å². The highest BCUT2D eigenvalue weighted by Crippen LogP contribution is 2.26. The molecule has 2 atom stereocenters.